The van der Waals surface area contributed by atoms with Crippen LogP contribution in [-0.4, -0.2) is 30.9 Å². The molecule has 1 heterocycles. The molecular weight excluding hydrogens is 530 g/mol. The van der Waals surface area contributed by atoms with Crippen molar-refractivity contribution < 1.29 is 33.3 Å². The molecule has 0 N–H and O–H groups in total. The fraction of sp³-hybridized carbons (Fsp3) is 0.111. The molecule has 9 heteroatoms. The van der Waals surface area contributed by atoms with Gasteiger partial charge in [0.05, 0.1) is 12.7 Å². The molecule has 0 atom stereocenters. The molecule has 0 fully saturated rings. The number of nitrogens with zero attached hydrogens (tertiary/aromatic N) is 1. The van der Waals surface area contributed by atoms with E-state index in [1.54, 1.807) is 48.5 Å². The lowest BCUT2D eigenvalue weighted by Gasteiger charge is -2.09. The van der Waals surface area contributed by atoms with E-state index >= 15 is 0 Å². The van der Waals surface area contributed by atoms with Gasteiger partial charge in [0.1, 0.15) is 5.75 Å². The van der Waals surface area contributed by atoms with Crippen molar-refractivity contribution in [3.8, 4) is 17.2 Å². The molecule has 0 saturated carbocycles. The van der Waals surface area contributed by atoms with Crippen LogP contribution in [0.5, 0.6) is 17.2 Å². The highest BCUT2D eigenvalue weighted by Gasteiger charge is 2.26. The Morgan fingerprint density at radius 3 is 2.47 bits per heavy atom. The van der Waals surface area contributed by atoms with Gasteiger partial charge in [-0.3, -0.25) is 4.79 Å². The van der Waals surface area contributed by atoms with Gasteiger partial charge in [0, 0.05) is 22.5 Å². The number of ether oxygens (including phenoxy) is 4. The molecule has 8 nitrogen and oxygen atoms in total. The van der Waals surface area contributed by atoms with Gasteiger partial charge in [-0.05, 0) is 61.5 Å². The summed E-state index contributed by atoms with van der Waals surface area (Å²) in [5.41, 5.74) is 2.24. The summed E-state index contributed by atoms with van der Waals surface area (Å²) in [6.45, 7) is 3.16. The minimum absolute atomic E-state index is 0.0129. The number of aryl methyl sites for hydroxylation is 1. The Hall–Kier alpha value is -4.24. The summed E-state index contributed by atoms with van der Waals surface area (Å²) in [5, 5.41) is 0. The summed E-state index contributed by atoms with van der Waals surface area (Å²) in [4.78, 5) is 40.9. The van der Waals surface area contributed by atoms with E-state index in [-0.39, 0.29) is 28.8 Å². The van der Waals surface area contributed by atoms with Gasteiger partial charge >= 0.3 is 17.9 Å². The summed E-state index contributed by atoms with van der Waals surface area (Å²) >= 11 is 3.40. The van der Waals surface area contributed by atoms with E-state index in [0.29, 0.717) is 21.2 Å². The molecular formula is C27H20BrNO7. The van der Waals surface area contributed by atoms with Crippen molar-refractivity contribution in [3.63, 3.8) is 0 Å². The van der Waals surface area contributed by atoms with Crippen molar-refractivity contribution in [2.45, 2.75) is 13.8 Å². The monoisotopic (exact) mass is 549 g/mol. The van der Waals surface area contributed by atoms with Crippen molar-refractivity contribution in [1.82, 2.24) is 0 Å². The molecule has 4 rings (SSSR count). The van der Waals surface area contributed by atoms with Crippen LogP contribution in [-0.2, 0) is 14.3 Å². The van der Waals surface area contributed by atoms with Crippen molar-refractivity contribution in [3.05, 3.63) is 93.1 Å². The number of cyclic esters (lactones) is 1. The third-order valence-electron chi connectivity index (χ3n) is 5.01. The zero-order chi connectivity index (χ0) is 25.8. The molecule has 36 heavy (non-hydrogen) atoms. The van der Waals surface area contributed by atoms with Gasteiger partial charge < -0.3 is 18.9 Å². The maximum absolute atomic E-state index is 12.7. The Morgan fingerprint density at radius 2 is 1.75 bits per heavy atom. The van der Waals surface area contributed by atoms with E-state index in [2.05, 4.69) is 20.9 Å². The standard InChI is InChI=1S/C27H20BrNO7/c1-15-5-4-6-18(11-15)26(31)35-22-10-8-20(28)12-19(22)13-21-27(32)36-25(29-21)17-7-9-23(34-16(2)30)24(14-17)33-3/h4-14H,1-3H3/b21-13-. The minimum atomic E-state index is -0.677. The molecule has 3 aromatic carbocycles. The van der Waals surface area contributed by atoms with E-state index in [1.807, 2.05) is 13.0 Å². The highest BCUT2D eigenvalue weighted by Crippen LogP contribution is 2.31. The van der Waals surface area contributed by atoms with Crippen molar-refractivity contribution in [1.29, 1.82) is 0 Å². The van der Waals surface area contributed by atoms with E-state index in [4.69, 9.17) is 18.9 Å². The number of methoxy groups -OCH3 is 1. The van der Waals surface area contributed by atoms with Gasteiger partial charge in [-0.15, -0.1) is 0 Å². The normalized spacial score (nSPS) is 13.7. The van der Waals surface area contributed by atoms with E-state index < -0.39 is 17.9 Å². The SMILES string of the molecule is COc1cc(C2=N/C(=C\c3cc(Br)ccc3OC(=O)c3cccc(C)c3)C(=O)O2)ccc1OC(C)=O. The first-order chi connectivity index (χ1) is 17.2. The molecule has 182 valence electrons. The first-order valence-corrected chi connectivity index (χ1v) is 11.5. The molecule has 0 amide bonds. The lowest BCUT2D eigenvalue weighted by Crippen LogP contribution is -2.09. The summed E-state index contributed by atoms with van der Waals surface area (Å²) in [6, 6.07) is 16.7. The molecule has 0 saturated heterocycles. The number of carbonyl (C=O) groups is 3. The molecule has 0 radical (unpaired) electrons. The number of benzene rings is 3. The van der Waals surface area contributed by atoms with Crippen LogP contribution in [0.3, 0.4) is 0 Å². The molecule has 0 spiro atoms. The molecule has 1 aliphatic heterocycles. The third kappa shape index (κ3) is 5.69. The number of hydrogen-bond donors (Lipinski definition) is 0. The van der Waals surface area contributed by atoms with Crippen LogP contribution in [0.1, 0.15) is 34.0 Å². The quantitative estimate of drug-likeness (QED) is 0.235. The third-order valence-corrected chi connectivity index (χ3v) is 5.50. The fourth-order valence-electron chi connectivity index (χ4n) is 3.38. The highest BCUT2D eigenvalue weighted by molar-refractivity contribution is 9.10. The average Bonchev–Trinajstić information content (AvgIpc) is 3.20. The van der Waals surface area contributed by atoms with Crippen LogP contribution in [0.25, 0.3) is 6.08 Å². The van der Waals surface area contributed by atoms with Crippen molar-refractivity contribution >= 4 is 45.8 Å². The molecule has 0 bridgehead atoms. The van der Waals surface area contributed by atoms with Gasteiger partial charge in [0.25, 0.3) is 0 Å². The Morgan fingerprint density at radius 1 is 0.972 bits per heavy atom. The number of halogens is 1. The predicted molar refractivity (Wildman–Crippen MR) is 135 cm³/mol. The zero-order valence-corrected chi connectivity index (χ0v) is 21.1. The topological polar surface area (TPSA) is 100 Å². The molecule has 0 aliphatic carbocycles. The van der Waals surface area contributed by atoms with Crippen LogP contribution in [0.4, 0.5) is 0 Å². The van der Waals surface area contributed by atoms with E-state index in [0.717, 1.165) is 5.56 Å². The van der Waals surface area contributed by atoms with Gasteiger partial charge in [-0.25, -0.2) is 14.6 Å². The van der Waals surface area contributed by atoms with Crippen LogP contribution < -0.4 is 14.2 Å². The average molecular weight is 550 g/mol. The van der Waals surface area contributed by atoms with Crippen LogP contribution >= 0.6 is 15.9 Å². The Bertz CT molecular complexity index is 1440. The minimum Gasteiger partial charge on any atom is -0.493 e. The van der Waals surface area contributed by atoms with Crippen LogP contribution in [0.2, 0.25) is 0 Å². The van der Waals surface area contributed by atoms with Gasteiger partial charge in [-0.1, -0.05) is 33.6 Å². The first kappa shape index (κ1) is 24.9. The Balaban J connectivity index is 1.65. The second kappa shape index (κ2) is 10.6. The largest absolute Gasteiger partial charge is 0.493 e. The Labute approximate surface area is 215 Å². The van der Waals surface area contributed by atoms with Crippen molar-refractivity contribution in [2.75, 3.05) is 7.11 Å². The number of aliphatic imine (C=N–C) groups is 1. The number of rotatable bonds is 6. The first-order valence-electron chi connectivity index (χ1n) is 10.7. The van der Waals surface area contributed by atoms with Gasteiger partial charge in [-0.2, -0.15) is 0 Å². The summed E-state index contributed by atoms with van der Waals surface area (Å²) in [7, 11) is 1.42. The van der Waals surface area contributed by atoms with Crippen LogP contribution in [0.15, 0.2) is 75.8 Å². The number of hydrogen-bond acceptors (Lipinski definition) is 8. The van der Waals surface area contributed by atoms with Gasteiger partial charge in [0.2, 0.25) is 5.90 Å². The zero-order valence-electron chi connectivity index (χ0n) is 19.5. The maximum atomic E-state index is 12.7. The molecule has 1 aliphatic rings. The predicted octanol–water partition coefficient (Wildman–Crippen LogP) is 5.26. The fourth-order valence-corrected chi connectivity index (χ4v) is 3.75. The van der Waals surface area contributed by atoms with Crippen molar-refractivity contribution in [2.24, 2.45) is 4.99 Å². The number of esters is 3. The van der Waals surface area contributed by atoms with E-state index in [1.165, 1.54) is 26.2 Å². The second-order valence-corrected chi connectivity index (χ2v) is 8.65. The van der Waals surface area contributed by atoms with E-state index in [9.17, 15) is 14.4 Å². The lowest BCUT2D eigenvalue weighted by molar-refractivity contribution is -0.132. The lowest BCUT2D eigenvalue weighted by atomic mass is 10.1. The summed E-state index contributed by atoms with van der Waals surface area (Å²) in [5.74, 6) is -0.903. The summed E-state index contributed by atoms with van der Waals surface area (Å²) in [6.07, 6.45) is 1.48. The smallest absolute Gasteiger partial charge is 0.363 e. The summed E-state index contributed by atoms with van der Waals surface area (Å²) < 4.78 is 22.0. The molecule has 0 aromatic heterocycles. The highest BCUT2D eigenvalue weighted by atomic mass is 79.9. The number of carbonyl (C=O) groups excluding carboxylic acids is 3. The van der Waals surface area contributed by atoms with Gasteiger partial charge in [0.15, 0.2) is 17.2 Å². The molecule has 0 unspecified atom stereocenters. The molecule has 3 aromatic rings. The maximum Gasteiger partial charge on any atom is 0.363 e. The second-order valence-electron chi connectivity index (χ2n) is 7.74. The Kier molecular flexibility index (Phi) is 7.30. The van der Waals surface area contributed by atoms with Crippen LogP contribution in [0, 0.1) is 6.92 Å².